The molecule has 0 saturated heterocycles. The van der Waals surface area contributed by atoms with E-state index in [1.165, 1.54) is 0 Å². The van der Waals surface area contributed by atoms with E-state index in [4.69, 9.17) is 5.73 Å². The zero-order valence-electron chi connectivity index (χ0n) is 9.69. The van der Waals surface area contributed by atoms with Crippen LogP contribution in [0, 0.1) is 11.8 Å². The third kappa shape index (κ3) is 3.81. The Balaban J connectivity index is 2.40. The summed E-state index contributed by atoms with van der Waals surface area (Å²) >= 11 is 0. The van der Waals surface area contributed by atoms with Crippen LogP contribution in [0.5, 0.6) is 0 Å². The number of hydrogen-bond acceptors (Lipinski definition) is 1. The molecule has 1 aliphatic carbocycles. The van der Waals surface area contributed by atoms with Crippen LogP contribution >= 0.6 is 0 Å². The Morgan fingerprint density at radius 2 is 1.81 bits per heavy atom. The van der Waals surface area contributed by atoms with E-state index in [9.17, 15) is 13.2 Å². The van der Waals surface area contributed by atoms with E-state index in [2.05, 4.69) is 6.58 Å². The van der Waals surface area contributed by atoms with E-state index in [0.717, 1.165) is 12.0 Å². The summed E-state index contributed by atoms with van der Waals surface area (Å²) in [5, 5.41) is 0. The molecule has 1 rings (SSSR count). The third-order valence-electron chi connectivity index (χ3n) is 3.42. The Morgan fingerprint density at radius 3 is 2.19 bits per heavy atom. The zero-order chi connectivity index (χ0) is 12.3. The van der Waals surface area contributed by atoms with Gasteiger partial charge in [0.2, 0.25) is 0 Å². The standard InChI is InChI=1S/C12H20F3N/c1-8(2)7-11(16)9-3-5-10(6-4-9)12(13,14)15/h9-11H,1,3-7,16H2,2H3. The molecule has 1 aliphatic rings. The van der Waals surface area contributed by atoms with Gasteiger partial charge in [0, 0.05) is 6.04 Å². The molecule has 0 aromatic rings. The fourth-order valence-electron chi connectivity index (χ4n) is 2.44. The fraction of sp³-hybridized carbons (Fsp3) is 0.833. The molecular formula is C12H20F3N. The highest BCUT2D eigenvalue weighted by atomic mass is 19.4. The molecule has 2 N–H and O–H groups in total. The lowest BCUT2D eigenvalue weighted by Gasteiger charge is -2.33. The van der Waals surface area contributed by atoms with Crippen LogP contribution in [0.15, 0.2) is 12.2 Å². The molecule has 0 aliphatic heterocycles. The van der Waals surface area contributed by atoms with Crippen molar-refractivity contribution in [1.29, 1.82) is 0 Å². The summed E-state index contributed by atoms with van der Waals surface area (Å²) in [6.45, 7) is 5.69. The van der Waals surface area contributed by atoms with E-state index >= 15 is 0 Å². The van der Waals surface area contributed by atoms with Gasteiger partial charge < -0.3 is 5.73 Å². The molecule has 4 heteroatoms. The van der Waals surface area contributed by atoms with Gasteiger partial charge in [-0.05, 0) is 44.9 Å². The molecule has 1 nitrogen and oxygen atoms in total. The Bertz CT molecular complexity index is 239. The highest BCUT2D eigenvalue weighted by Crippen LogP contribution is 2.40. The van der Waals surface area contributed by atoms with Crippen molar-refractivity contribution < 1.29 is 13.2 Å². The summed E-state index contributed by atoms with van der Waals surface area (Å²) in [6.07, 6.45) is -1.64. The van der Waals surface area contributed by atoms with Gasteiger partial charge in [-0.3, -0.25) is 0 Å². The minimum atomic E-state index is -4.02. The highest BCUT2D eigenvalue weighted by Gasteiger charge is 2.42. The van der Waals surface area contributed by atoms with Gasteiger partial charge in [-0.25, -0.2) is 0 Å². The molecule has 1 fully saturated rings. The van der Waals surface area contributed by atoms with Crippen LogP contribution in [-0.4, -0.2) is 12.2 Å². The first-order valence-corrected chi connectivity index (χ1v) is 5.77. The van der Waals surface area contributed by atoms with Crippen LogP contribution in [0.2, 0.25) is 0 Å². The van der Waals surface area contributed by atoms with Crippen molar-refractivity contribution >= 4 is 0 Å². The summed E-state index contributed by atoms with van der Waals surface area (Å²) in [5.74, 6) is -0.879. The van der Waals surface area contributed by atoms with E-state index in [1.807, 2.05) is 6.92 Å². The van der Waals surface area contributed by atoms with E-state index in [-0.39, 0.29) is 24.8 Å². The molecular weight excluding hydrogens is 215 g/mol. The van der Waals surface area contributed by atoms with Gasteiger partial charge in [0.1, 0.15) is 0 Å². The molecule has 1 saturated carbocycles. The molecule has 0 aromatic carbocycles. The van der Waals surface area contributed by atoms with Gasteiger partial charge in [-0.15, -0.1) is 6.58 Å². The third-order valence-corrected chi connectivity index (χ3v) is 3.42. The van der Waals surface area contributed by atoms with Crippen LogP contribution in [0.1, 0.15) is 39.0 Å². The van der Waals surface area contributed by atoms with Crippen molar-refractivity contribution in [1.82, 2.24) is 0 Å². The summed E-state index contributed by atoms with van der Waals surface area (Å²) in [4.78, 5) is 0. The van der Waals surface area contributed by atoms with Crippen molar-refractivity contribution in [2.75, 3.05) is 0 Å². The first kappa shape index (κ1) is 13.6. The molecule has 0 aromatic heterocycles. The summed E-state index contributed by atoms with van der Waals surface area (Å²) in [7, 11) is 0. The maximum absolute atomic E-state index is 12.4. The van der Waals surface area contributed by atoms with Crippen molar-refractivity contribution in [2.45, 2.75) is 51.2 Å². The van der Waals surface area contributed by atoms with Gasteiger partial charge in [-0.2, -0.15) is 13.2 Å². The SMILES string of the molecule is C=C(C)CC(N)C1CCC(C(F)(F)F)CC1. The first-order chi connectivity index (χ1) is 7.30. The second kappa shape index (κ2) is 5.21. The summed E-state index contributed by atoms with van der Waals surface area (Å²) in [5.41, 5.74) is 6.97. The number of hydrogen-bond donors (Lipinski definition) is 1. The van der Waals surface area contributed by atoms with Gasteiger partial charge in [0.05, 0.1) is 5.92 Å². The molecule has 0 bridgehead atoms. The molecule has 1 atom stereocenters. The average molecular weight is 235 g/mol. The maximum Gasteiger partial charge on any atom is 0.391 e. The topological polar surface area (TPSA) is 26.0 Å². The van der Waals surface area contributed by atoms with Crippen LogP contribution in [0.3, 0.4) is 0 Å². The number of alkyl halides is 3. The highest BCUT2D eigenvalue weighted by molar-refractivity contribution is 4.95. The van der Waals surface area contributed by atoms with Gasteiger partial charge in [-0.1, -0.05) is 5.57 Å². The largest absolute Gasteiger partial charge is 0.391 e. The fourth-order valence-corrected chi connectivity index (χ4v) is 2.44. The molecule has 0 heterocycles. The monoisotopic (exact) mass is 235 g/mol. The summed E-state index contributed by atoms with van der Waals surface area (Å²) < 4.78 is 37.3. The molecule has 0 amide bonds. The molecule has 1 unspecified atom stereocenters. The second-order valence-corrected chi connectivity index (χ2v) is 4.98. The minimum absolute atomic E-state index is 0.0216. The second-order valence-electron chi connectivity index (χ2n) is 4.98. The van der Waals surface area contributed by atoms with Crippen LogP contribution in [-0.2, 0) is 0 Å². The maximum atomic E-state index is 12.4. The Hall–Kier alpha value is -0.510. The molecule has 94 valence electrons. The lowest BCUT2D eigenvalue weighted by atomic mass is 9.77. The van der Waals surface area contributed by atoms with Gasteiger partial charge in [0.15, 0.2) is 0 Å². The van der Waals surface area contributed by atoms with Crippen LogP contribution in [0.4, 0.5) is 13.2 Å². The van der Waals surface area contributed by atoms with Crippen LogP contribution in [0.25, 0.3) is 0 Å². The van der Waals surface area contributed by atoms with Crippen molar-refractivity contribution in [3.05, 3.63) is 12.2 Å². The quantitative estimate of drug-likeness (QED) is 0.742. The average Bonchev–Trinajstić information content (AvgIpc) is 2.15. The van der Waals surface area contributed by atoms with E-state index < -0.39 is 12.1 Å². The van der Waals surface area contributed by atoms with E-state index in [1.54, 1.807) is 0 Å². The minimum Gasteiger partial charge on any atom is -0.327 e. The Morgan fingerprint density at radius 1 is 1.31 bits per heavy atom. The summed E-state index contributed by atoms with van der Waals surface area (Å²) in [6, 6.07) is -0.0216. The van der Waals surface area contributed by atoms with E-state index in [0.29, 0.717) is 12.8 Å². The zero-order valence-corrected chi connectivity index (χ0v) is 9.69. The molecule has 0 spiro atoms. The lowest BCUT2D eigenvalue weighted by molar-refractivity contribution is -0.184. The Kier molecular flexibility index (Phi) is 4.42. The predicted octanol–water partition coefficient (Wildman–Crippen LogP) is 3.65. The number of halogens is 3. The van der Waals surface area contributed by atoms with Crippen molar-refractivity contribution in [3.8, 4) is 0 Å². The first-order valence-electron chi connectivity index (χ1n) is 5.77. The van der Waals surface area contributed by atoms with Crippen molar-refractivity contribution in [2.24, 2.45) is 17.6 Å². The van der Waals surface area contributed by atoms with Crippen molar-refractivity contribution in [3.63, 3.8) is 0 Å². The number of nitrogens with two attached hydrogens (primary N) is 1. The molecule has 16 heavy (non-hydrogen) atoms. The van der Waals surface area contributed by atoms with Crippen LogP contribution < -0.4 is 5.73 Å². The van der Waals surface area contributed by atoms with Gasteiger partial charge in [0.25, 0.3) is 0 Å². The Labute approximate surface area is 94.9 Å². The molecule has 0 radical (unpaired) electrons. The number of rotatable bonds is 3. The predicted molar refractivity (Wildman–Crippen MR) is 58.9 cm³/mol. The smallest absolute Gasteiger partial charge is 0.327 e. The normalized spacial score (nSPS) is 28.8. The van der Waals surface area contributed by atoms with Gasteiger partial charge >= 0.3 is 6.18 Å². The lowest BCUT2D eigenvalue weighted by Crippen LogP contribution is -2.36.